The van der Waals surface area contributed by atoms with Crippen LogP contribution in [0.15, 0.2) is 22.9 Å². The number of aromatic nitrogens is 2. The molecule has 2 rings (SSSR count). The Morgan fingerprint density at radius 2 is 2.38 bits per heavy atom. The van der Waals surface area contributed by atoms with E-state index in [9.17, 15) is 10.1 Å². The number of rotatable bonds is 1. The Bertz CT molecular complexity index is 480. The molecular weight excluding hydrogens is 238 g/mol. The lowest BCUT2D eigenvalue weighted by molar-refractivity contribution is -0.383. The number of fused-ring (bicyclic) bond motifs is 1. The molecule has 0 aliphatic carbocycles. The number of nitrogens with one attached hydrogen (secondary N) is 1. The van der Waals surface area contributed by atoms with Crippen molar-refractivity contribution in [3.8, 4) is 0 Å². The summed E-state index contributed by atoms with van der Waals surface area (Å²) in [5.74, 6) is 0. The zero-order valence-corrected chi connectivity index (χ0v) is 7.91. The van der Waals surface area contributed by atoms with Gasteiger partial charge in [0, 0.05) is 18.5 Å². The molecule has 0 aliphatic rings. The molecule has 66 valence electrons. The van der Waals surface area contributed by atoms with Crippen LogP contribution < -0.4 is 0 Å². The first-order valence-corrected chi connectivity index (χ1v) is 4.25. The van der Waals surface area contributed by atoms with Gasteiger partial charge in [0.15, 0.2) is 0 Å². The molecule has 0 spiro atoms. The summed E-state index contributed by atoms with van der Waals surface area (Å²) >= 11 is 3.23. The maximum absolute atomic E-state index is 10.6. The van der Waals surface area contributed by atoms with Crippen LogP contribution in [0.4, 0.5) is 5.69 Å². The molecule has 13 heavy (non-hydrogen) atoms. The fourth-order valence-electron chi connectivity index (χ4n) is 1.13. The highest BCUT2D eigenvalue weighted by Gasteiger charge is 2.14. The Morgan fingerprint density at radius 1 is 1.62 bits per heavy atom. The lowest BCUT2D eigenvalue weighted by Gasteiger charge is -1.91. The maximum atomic E-state index is 10.6. The van der Waals surface area contributed by atoms with E-state index >= 15 is 0 Å². The van der Waals surface area contributed by atoms with Crippen LogP contribution in [0.1, 0.15) is 0 Å². The third-order valence-electron chi connectivity index (χ3n) is 1.70. The van der Waals surface area contributed by atoms with E-state index in [-0.39, 0.29) is 5.69 Å². The maximum Gasteiger partial charge on any atom is 0.296 e. The van der Waals surface area contributed by atoms with Crippen molar-refractivity contribution < 1.29 is 4.92 Å². The highest BCUT2D eigenvalue weighted by Crippen LogP contribution is 2.27. The quantitative estimate of drug-likeness (QED) is 0.615. The summed E-state index contributed by atoms with van der Waals surface area (Å²) < 4.78 is 0.728. The molecule has 0 radical (unpaired) electrons. The normalized spacial score (nSPS) is 10.5. The molecule has 0 bridgehead atoms. The highest BCUT2D eigenvalue weighted by molar-refractivity contribution is 9.10. The van der Waals surface area contributed by atoms with Crippen LogP contribution in [0, 0.1) is 10.1 Å². The Balaban J connectivity index is 2.84. The van der Waals surface area contributed by atoms with Crippen molar-refractivity contribution in [3.05, 3.63) is 33.0 Å². The van der Waals surface area contributed by atoms with Crippen LogP contribution in [0.5, 0.6) is 0 Å². The van der Waals surface area contributed by atoms with Gasteiger partial charge < -0.3 is 4.98 Å². The van der Waals surface area contributed by atoms with Gasteiger partial charge in [-0.1, -0.05) is 0 Å². The number of hydrogen-bond acceptors (Lipinski definition) is 3. The first kappa shape index (κ1) is 8.18. The van der Waals surface area contributed by atoms with Crippen molar-refractivity contribution in [2.45, 2.75) is 0 Å². The molecule has 0 unspecified atom stereocenters. The minimum Gasteiger partial charge on any atom is -0.353 e. The zero-order chi connectivity index (χ0) is 9.42. The summed E-state index contributed by atoms with van der Waals surface area (Å²) in [7, 11) is 0. The minimum absolute atomic E-state index is 0.0377. The Morgan fingerprint density at radius 3 is 3.08 bits per heavy atom. The number of H-pyrrole nitrogens is 1. The predicted octanol–water partition coefficient (Wildman–Crippen LogP) is 2.23. The monoisotopic (exact) mass is 241 g/mol. The molecule has 0 amide bonds. The number of nitrogens with zero attached hydrogens (tertiary/aromatic N) is 2. The number of pyridine rings is 1. The van der Waals surface area contributed by atoms with Crippen LogP contribution in [0.25, 0.3) is 11.0 Å². The lowest BCUT2D eigenvalue weighted by Crippen LogP contribution is -1.89. The van der Waals surface area contributed by atoms with Crippen molar-refractivity contribution in [2.24, 2.45) is 0 Å². The van der Waals surface area contributed by atoms with Gasteiger partial charge in [0.1, 0.15) is 11.0 Å². The van der Waals surface area contributed by atoms with E-state index in [1.165, 1.54) is 12.3 Å². The molecule has 6 heteroatoms. The SMILES string of the molecule is O=[N+]([O-])c1ccnc2c(Br)c[nH]c12. The van der Waals surface area contributed by atoms with Crippen molar-refractivity contribution in [2.75, 3.05) is 0 Å². The third kappa shape index (κ3) is 1.19. The van der Waals surface area contributed by atoms with Crippen molar-refractivity contribution in [1.29, 1.82) is 0 Å². The van der Waals surface area contributed by atoms with E-state index < -0.39 is 4.92 Å². The van der Waals surface area contributed by atoms with E-state index in [4.69, 9.17) is 0 Å². The molecular formula is C7H4BrN3O2. The Hall–Kier alpha value is -1.43. The van der Waals surface area contributed by atoms with Crippen LogP contribution in [0.2, 0.25) is 0 Å². The molecule has 0 aromatic carbocycles. The zero-order valence-electron chi connectivity index (χ0n) is 6.32. The molecule has 0 fully saturated rings. The first-order valence-electron chi connectivity index (χ1n) is 3.46. The molecule has 5 nitrogen and oxygen atoms in total. The minimum atomic E-state index is -0.438. The van der Waals surface area contributed by atoms with Crippen LogP contribution >= 0.6 is 15.9 Å². The fourth-order valence-corrected chi connectivity index (χ4v) is 1.55. The van der Waals surface area contributed by atoms with Gasteiger partial charge in [0.05, 0.1) is 9.40 Å². The standard InChI is InChI=1S/C7H4BrN3O2/c8-4-3-10-7-5(11(12)13)1-2-9-6(4)7/h1-3,10H. The van der Waals surface area contributed by atoms with Crippen LogP contribution in [0.3, 0.4) is 0 Å². The fraction of sp³-hybridized carbons (Fsp3) is 0. The van der Waals surface area contributed by atoms with Gasteiger partial charge in [-0.25, -0.2) is 0 Å². The average Bonchev–Trinajstić information content (AvgIpc) is 2.48. The summed E-state index contributed by atoms with van der Waals surface area (Å²) in [6.45, 7) is 0. The topological polar surface area (TPSA) is 71.8 Å². The second-order valence-electron chi connectivity index (χ2n) is 2.45. The van der Waals surface area contributed by atoms with Gasteiger partial charge >= 0.3 is 0 Å². The van der Waals surface area contributed by atoms with Gasteiger partial charge in [0.2, 0.25) is 0 Å². The van der Waals surface area contributed by atoms with E-state index in [1.54, 1.807) is 6.20 Å². The van der Waals surface area contributed by atoms with Gasteiger partial charge in [-0.2, -0.15) is 0 Å². The number of hydrogen-bond donors (Lipinski definition) is 1. The van der Waals surface area contributed by atoms with Crippen molar-refractivity contribution in [3.63, 3.8) is 0 Å². The second-order valence-corrected chi connectivity index (χ2v) is 3.30. The molecule has 2 aromatic heterocycles. The van der Waals surface area contributed by atoms with E-state index in [2.05, 4.69) is 25.9 Å². The lowest BCUT2D eigenvalue weighted by atomic mass is 10.3. The van der Waals surface area contributed by atoms with E-state index in [0.29, 0.717) is 11.0 Å². The Labute approximate surface area is 81.1 Å². The van der Waals surface area contributed by atoms with E-state index in [0.717, 1.165) is 4.47 Å². The summed E-state index contributed by atoms with van der Waals surface area (Å²) in [4.78, 5) is 16.9. The highest BCUT2D eigenvalue weighted by atomic mass is 79.9. The van der Waals surface area contributed by atoms with Gasteiger partial charge in [-0.15, -0.1) is 0 Å². The van der Waals surface area contributed by atoms with Crippen molar-refractivity contribution >= 4 is 32.7 Å². The molecule has 1 N–H and O–H groups in total. The largest absolute Gasteiger partial charge is 0.353 e. The Kier molecular flexibility index (Phi) is 1.77. The summed E-state index contributed by atoms with van der Waals surface area (Å²) in [5, 5.41) is 10.6. The molecule has 2 aromatic rings. The molecule has 0 saturated heterocycles. The van der Waals surface area contributed by atoms with E-state index in [1.807, 2.05) is 0 Å². The smallest absolute Gasteiger partial charge is 0.296 e. The average molecular weight is 242 g/mol. The first-order chi connectivity index (χ1) is 6.20. The van der Waals surface area contributed by atoms with Gasteiger partial charge in [-0.3, -0.25) is 15.1 Å². The predicted molar refractivity (Wildman–Crippen MR) is 50.4 cm³/mol. The second kappa shape index (κ2) is 2.81. The number of nitro groups is 1. The van der Waals surface area contributed by atoms with Crippen molar-refractivity contribution in [1.82, 2.24) is 9.97 Å². The summed E-state index contributed by atoms with van der Waals surface area (Å²) in [6.07, 6.45) is 3.05. The molecule has 0 aliphatic heterocycles. The summed E-state index contributed by atoms with van der Waals surface area (Å²) in [6, 6.07) is 1.37. The van der Waals surface area contributed by atoms with Gasteiger partial charge in [-0.05, 0) is 15.9 Å². The number of aromatic amines is 1. The molecule has 2 heterocycles. The van der Waals surface area contributed by atoms with Crippen LogP contribution in [-0.4, -0.2) is 14.9 Å². The number of halogens is 1. The van der Waals surface area contributed by atoms with Gasteiger partial charge in [0.25, 0.3) is 5.69 Å². The third-order valence-corrected chi connectivity index (χ3v) is 2.30. The molecule has 0 saturated carbocycles. The summed E-state index contributed by atoms with van der Waals surface area (Å²) in [5.41, 5.74) is 1.06. The molecule has 0 atom stereocenters. The van der Waals surface area contributed by atoms with Crippen LogP contribution in [-0.2, 0) is 0 Å².